The molecule has 1 amide bonds. The first-order valence-corrected chi connectivity index (χ1v) is 11.2. The smallest absolute Gasteiger partial charge is 0.326 e. The van der Waals surface area contributed by atoms with Crippen molar-refractivity contribution in [2.45, 2.75) is 31.8 Å². The molecule has 1 aliphatic heterocycles. The number of amides is 1. The van der Waals surface area contributed by atoms with Gasteiger partial charge in [0.05, 0.1) is 22.2 Å². The Morgan fingerprint density at radius 3 is 2.24 bits per heavy atom. The SMILES string of the molecule is C#Cc1c(Cl)cc(N[C@@H](Cc2ccccc2)C(=O)O)cc1Cl.CC(=O)N1CC(=S)C[C@H]1C(=O)O. The molecule has 0 saturated carbocycles. The van der Waals surface area contributed by atoms with Crippen molar-refractivity contribution < 1.29 is 24.6 Å². The first-order chi connectivity index (χ1) is 16.0. The second-order valence-electron chi connectivity index (χ2n) is 7.43. The van der Waals surface area contributed by atoms with E-state index in [-0.39, 0.29) is 5.91 Å². The van der Waals surface area contributed by atoms with Gasteiger partial charge >= 0.3 is 11.9 Å². The van der Waals surface area contributed by atoms with Crippen LogP contribution in [0, 0.1) is 12.3 Å². The predicted molar refractivity (Wildman–Crippen MR) is 136 cm³/mol. The minimum atomic E-state index is -0.981. The molecule has 2 atom stereocenters. The zero-order chi connectivity index (χ0) is 25.4. The van der Waals surface area contributed by atoms with Crippen molar-refractivity contribution >= 4 is 63.8 Å². The highest BCUT2D eigenvalue weighted by atomic mass is 35.5. The minimum Gasteiger partial charge on any atom is -0.480 e. The number of terminal acetylenes is 1. The molecule has 3 rings (SSSR count). The zero-order valence-corrected chi connectivity index (χ0v) is 20.5. The molecule has 0 radical (unpaired) electrons. The molecule has 0 spiro atoms. The van der Waals surface area contributed by atoms with Crippen LogP contribution in [0.25, 0.3) is 0 Å². The first kappa shape index (κ1) is 27.1. The highest BCUT2D eigenvalue weighted by molar-refractivity contribution is 7.80. The van der Waals surface area contributed by atoms with Crippen LogP contribution in [0.4, 0.5) is 5.69 Å². The van der Waals surface area contributed by atoms with Crippen LogP contribution in [-0.4, -0.2) is 56.5 Å². The molecule has 178 valence electrons. The second kappa shape index (κ2) is 12.4. The molecule has 1 fully saturated rings. The number of carbonyl (C=O) groups excluding carboxylic acids is 1. The predicted octanol–water partition coefficient (Wildman–Crippen LogP) is 4.14. The Balaban J connectivity index is 0.000000287. The van der Waals surface area contributed by atoms with Crippen LogP contribution in [0.5, 0.6) is 0 Å². The monoisotopic (exact) mass is 520 g/mol. The zero-order valence-electron chi connectivity index (χ0n) is 18.1. The van der Waals surface area contributed by atoms with E-state index in [1.807, 2.05) is 30.3 Å². The molecule has 7 nitrogen and oxygen atoms in total. The maximum atomic E-state index is 11.4. The van der Waals surface area contributed by atoms with Crippen LogP contribution in [0.15, 0.2) is 42.5 Å². The summed E-state index contributed by atoms with van der Waals surface area (Å²) in [6.45, 7) is 1.66. The molecule has 3 N–H and O–H groups in total. The summed E-state index contributed by atoms with van der Waals surface area (Å²) in [6.07, 6.45) is 5.97. The molecule has 2 aromatic carbocycles. The van der Waals surface area contributed by atoms with Crippen LogP contribution in [0.2, 0.25) is 10.0 Å². The summed E-state index contributed by atoms with van der Waals surface area (Å²) in [6, 6.07) is 11.0. The fourth-order valence-corrected chi connectivity index (χ4v) is 4.18. The molecule has 2 aromatic rings. The number of carbonyl (C=O) groups is 3. The number of aliphatic carboxylic acids is 2. The van der Waals surface area contributed by atoms with E-state index in [2.05, 4.69) is 11.2 Å². The molecular weight excluding hydrogens is 499 g/mol. The molecule has 1 heterocycles. The van der Waals surface area contributed by atoms with E-state index in [1.165, 1.54) is 11.8 Å². The number of thiocarbonyl (C=S) groups is 1. The largest absolute Gasteiger partial charge is 0.480 e. The average Bonchev–Trinajstić information content (AvgIpc) is 3.17. The Hall–Kier alpha value is -3.12. The van der Waals surface area contributed by atoms with E-state index < -0.39 is 24.0 Å². The minimum absolute atomic E-state index is 0.234. The maximum Gasteiger partial charge on any atom is 0.326 e. The van der Waals surface area contributed by atoms with Crippen molar-refractivity contribution in [2.75, 3.05) is 11.9 Å². The number of halogens is 2. The lowest BCUT2D eigenvalue weighted by molar-refractivity contribution is -0.147. The van der Waals surface area contributed by atoms with Gasteiger partial charge in [-0.15, -0.1) is 6.42 Å². The standard InChI is InChI=1S/C17H13Cl2NO2.C7H9NO3S/c1-2-13-14(18)9-12(10-15(13)19)20-16(17(21)22)8-11-6-4-3-5-7-11;1-4(9)8-3-5(12)2-6(8)7(10)11/h1,3-7,9-10,16,20H,8H2,(H,21,22);6H,2-3H2,1H3,(H,10,11)/t16-;6-/m00/s1. The molecule has 0 unspecified atom stereocenters. The van der Waals surface area contributed by atoms with E-state index in [1.54, 1.807) is 12.1 Å². The van der Waals surface area contributed by atoms with Gasteiger partial charge in [-0.25, -0.2) is 9.59 Å². The van der Waals surface area contributed by atoms with Gasteiger partial charge in [0.1, 0.15) is 12.1 Å². The molecule has 34 heavy (non-hydrogen) atoms. The highest BCUT2D eigenvalue weighted by Crippen LogP contribution is 2.29. The van der Waals surface area contributed by atoms with E-state index in [0.717, 1.165) is 5.56 Å². The maximum absolute atomic E-state index is 11.4. The lowest BCUT2D eigenvalue weighted by Crippen LogP contribution is -2.39. The first-order valence-electron chi connectivity index (χ1n) is 10.0. The quantitative estimate of drug-likeness (QED) is 0.388. The van der Waals surface area contributed by atoms with Crippen molar-refractivity contribution in [1.82, 2.24) is 4.90 Å². The average molecular weight is 521 g/mol. The fourth-order valence-electron chi connectivity index (χ4n) is 3.29. The van der Waals surface area contributed by atoms with Gasteiger partial charge < -0.3 is 20.4 Å². The number of hydrogen-bond donors (Lipinski definition) is 3. The second-order valence-corrected chi connectivity index (χ2v) is 8.82. The van der Waals surface area contributed by atoms with Gasteiger partial charge in [0, 0.05) is 30.3 Å². The number of nitrogens with one attached hydrogen (secondary N) is 1. The molecule has 1 saturated heterocycles. The Morgan fingerprint density at radius 2 is 1.79 bits per heavy atom. The number of rotatable bonds is 6. The lowest BCUT2D eigenvalue weighted by atomic mass is 10.1. The number of carboxylic acid groups (broad SMARTS) is 2. The van der Waals surface area contributed by atoms with E-state index >= 15 is 0 Å². The van der Waals surface area contributed by atoms with Crippen LogP contribution in [0.3, 0.4) is 0 Å². The summed E-state index contributed by atoms with van der Waals surface area (Å²) >= 11 is 16.9. The Bertz CT molecular complexity index is 1090. The Kier molecular flexibility index (Phi) is 9.87. The van der Waals surface area contributed by atoms with E-state index in [9.17, 15) is 19.5 Å². The molecule has 10 heteroatoms. The number of nitrogens with zero attached hydrogens (tertiary/aromatic N) is 1. The van der Waals surface area contributed by atoms with Crippen molar-refractivity contribution in [3.8, 4) is 12.3 Å². The number of hydrogen-bond acceptors (Lipinski definition) is 5. The van der Waals surface area contributed by atoms with E-state index in [0.29, 0.717) is 45.5 Å². The van der Waals surface area contributed by atoms with Gasteiger partial charge in [0.15, 0.2) is 0 Å². The third-order valence-corrected chi connectivity index (χ3v) is 5.83. The Morgan fingerprint density at radius 1 is 1.21 bits per heavy atom. The summed E-state index contributed by atoms with van der Waals surface area (Å²) < 4.78 is 0. The number of likely N-dealkylation sites (tertiary alicyclic amines) is 1. The number of benzene rings is 2. The van der Waals surface area contributed by atoms with Crippen LogP contribution in [0.1, 0.15) is 24.5 Å². The fraction of sp³-hybridized carbons (Fsp3) is 0.250. The van der Waals surface area contributed by atoms with E-state index in [4.69, 9.17) is 46.9 Å². The molecule has 0 bridgehead atoms. The van der Waals surface area contributed by atoms with Gasteiger partial charge in [-0.2, -0.15) is 0 Å². The van der Waals surface area contributed by atoms with Crippen molar-refractivity contribution in [1.29, 1.82) is 0 Å². The van der Waals surface area contributed by atoms with Gasteiger partial charge in [-0.3, -0.25) is 4.79 Å². The molecular formula is C24H22Cl2N2O5S. The van der Waals surface area contributed by atoms with Crippen molar-refractivity contribution in [2.24, 2.45) is 0 Å². The summed E-state index contributed by atoms with van der Waals surface area (Å²) in [5.74, 6) is 0.222. The van der Waals surface area contributed by atoms with Crippen LogP contribution >= 0.6 is 35.4 Å². The number of carboxylic acids is 2. The topological polar surface area (TPSA) is 107 Å². The summed E-state index contributed by atoms with van der Waals surface area (Å²) in [7, 11) is 0. The molecule has 0 aromatic heterocycles. The van der Waals surface area contributed by atoms with Gasteiger partial charge in [0.25, 0.3) is 0 Å². The highest BCUT2D eigenvalue weighted by Gasteiger charge is 2.35. The van der Waals surface area contributed by atoms with Gasteiger partial charge in [-0.1, -0.05) is 71.7 Å². The summed E-state index contributed by atoms with van der Waals surface area (Å²) in [5.41, 5.74) is 1.82. The molecule has 1 aliphatic rings. The van der Waals surface area contributed by atoms with Crippen LogP contribution < -0.4 is 5.32 Å². The summed E-state index contributed by atoms with van der Waals surface area (Å²) in [5, 5.41) is 21.6. The van der Waals surface area contributed by atoms with Crippen molar-refractivity contribution in [3.05, 3.63) is 63.6 Å². The normalized spacial score (nSPS) is 15.5. The van der Waals surface area contributed by atoms with Crippen LogP contribution in [-0.2, 0) is 20.8 Å². The third-order valence-electron chi connectivity index (χ3n) is 4.94. The number of anilines is 1. The lowest BCUT2D eigenvalue weighted by Gasteiger charge is -2.18. The Labute approximate surface area is 212 Å². The van der Waals surface area contributed by atoms with Gasteiger partial charge in [0.2, 0.25) is 5.91 Å². The van der Waals surface area contributed by atoms with Gasteiger partial charge in [-0.05, 0) is 17.7 Å². The summed E-state index contributed by atoms with van der Waals surface area (Å²) in [4.78, 5) is 34.9. The van der Waals surface area contributed by atoms with Crippen molar-refractivity contribution in [3.63, 3.8) is 0 Å². The third kappa shape index (κ3) is 7.45. The molecule has 0 aliphatic carbocycles.